The molecule has 184 valence electrons. The Labute approximate surface area is 197 Å². The van der Waals surface area contributed by atoms with Crippen LogP contribution in [0.25, 0.3) is 0 Å². The first-order chi connectivity index (χ1) is 15.9. The standard InChI is InChI=1S/C23H30N4O7/c1-4-14-5-7-15(8-6-14)12-25-19(29)17-11-16(28)13-27(17)20(30)18(26-22(33)34)23(2,3)9-10-24-21(31)32/h1,5-8,16-18,24,26,28H,9-13H2,2-3H3,(H,25,29)(H,31,32)(H,33,34)/t16-,17+,18-/m1/s1. The number of aliphatic hydroxyl groups is 1. The van der Waals surface area contributed by atoms with E-state index in [0.717, 1.165) is 5.56 Å². The largest absolute Gasteiger partial charge is 0.465 e. The number of carboxylic acid groups (broad SMARTS) is 2. The number of benzene rings is 1. The molecule has 0 aromatic heterocycles. The minimum Gasteiger partial charge on any atom is -0.465 e. The molecule has 3 atom stereocenters. The summed E-state index contributed by atoms with van der Waals surface area (Å²) in [6.07, 6.45) is 1.87. The van der Waals surface area contributed by atoms with E-state index in [1.54, 1.807) is 38.1 Å². The number of hydrogen-bond acceptors (Lipinski definition) is 5. The van der Waals surface area contributed by atoms with E-state index in [1.807, 2.05) is 0 Å². The molecule has 11 nitrogen and oxygen atoms in total. The molecule has 1 aliphatic heterocycles. The zero-order chi connectivity index (χ0) is 25.5. The molecule has 1 aliphatic rings. The summed E-state index contributed by atoms with van der Waals surface area (Å²) in [5.74, 6) is 1.35. The average Bonchev–Trinajstić information content (AvgIpc) is 3.17. The zero-order valence-corrected chi connectivity index (χ0v) is 19.1. The number of carbonyl (C=O) groups is 4. The number of likely N-dealkylation sites (tertiary alicyclic amines) is 1. The molecule has 34 heavy (non-hydrogen) atoms. The highest BCUT2D eigenvalue weighted by Crippen LogP contribution is 2.29. The molecule has 0 unspecified atom stereocenters. The van der Waals surface area contributed by atoms with E-state index in [0.29, 0.717) is 5.56 Å². The van der Waals surface area contributed by atoms with Crippen LogP contribution in [0.2, 0.25) is 0 Å². The summed E-state index contributed by atoms with van der Waals surface area (Å²) in [7, 11) is 0. The lowest BCUT2D eigenvalue weighted by molar-refractivity contribution is -0.142. The molecule has 11 heteroatoms. The van der Waals surface area contributed by atoms with E-state index in [9.17, 15) is 29.4 Å². The van der Waals surface area contributed by atoms with Crippen LogP contribution in [0, 0.1) is 17.8 Å². The summed E-state index contributed by atoms with van der Waals surface area (Å²) in [5.41, 5.74) is 0.496. The van der Waals surface area contributed by atoms with Crippen LogP contribution in [0.5, 0.6) is 0 Å². The van der Waals surface area contributed by atoms with Crippen molar-refractivity contribution in [2.75, 3.05) is 13.1 Å². The van der Waals surface area contributed by atoms with Crippen LogP contribution in [0.1, 0.15) is 37.8 Å². The van der Waals surface area contributed by atoms with Crippen LogP contribution in [0.15, 0.2) is 24.3 Å². The van der Waals surface area contributed by atoms with Crippen molar-refractivity contribution in [1.82, 2.24) is 20.9 Å². The second-order valence-corrected chi connectivity index (χ2v) is 8.81. The van der Waals surface area contributed by atoms with Crippen molar-refractivity contribution < 1.29 is 34.5 Å². The first-order valence-electron chi connectivity index (χ1n) is 10.7. The van der Waals surface area contributed by atoms with Gasteiger partial charge in [-0.3, -0.25) is 9.59 Å². The molecule has 1 heterocycles. The van der Waals surface area contributed by atoms with Crippen LogP contribution in [0.3, 0.4) is 0 Å². The van der Waals surface area contributed by atoms with Gasteiger partial charge in [0.15, 0.2) is 0 Å². The van der Waals surface area contributed by atoms with Gasteiger partial charge < -0.3 is 36.2 Å². The monoisotopic (exact) mass is 474 g/mol. The van der Waals surface area contributed by atoms with Gasteiger partial charge in [-0.25, -0.2) is 9.59 Å². The van der Waals surface area contributed by atoms with Gasteiger partial charge in [0.05, 0.1) is 6.10 Å². The van der Waals surface area contributed by atoms with E-state index in [2.05, 4.69) is 21.9 Å². The number of aliphatic hydroxyl groups excluding tert-OH is 1. The number of nitrogens with one attached hydrogen (secondary N) is 3. The Kier molecular flexibility index (Phi) is 8.86. The van der Waals surface area contributed by atoms with Gasteiger partial charge in [-0.05, 0) is 29.5 Å². The molecule has 1 saturated heterocycles. The lowest BCUT2D eigenvalue weighted by Gasteiger charge is -2.37. The number of nitrogens with zero attached hydrogens (tertiary/aromatic N) is 1. The van der Waals surface area contributed by atoms with Crippen molar-refractivity contribution in [1.29, 1.82) is 0 Å². The third kappa shape index (κ3) is 7.11. The van der Waals surface area contributed by atoms with Gasteiger partial charge in [0.1, 0.15) is 12.1 Å². The van der Waals surface area contributed by atoms with Crippen LogP contribution in [-0.4, -0.2) is 75.5 Å². The Morgan fingerprint density at radius 3 is 2.35 bits per heavy atom. The van der Waals surface area contributed by atoms with Crippen molar-refractivity contribution >= 4 is 24.0 Å². The molecule has 4 amide bonds. The second kappa shape index (κ2) is 11.4. The van der Waals surface area contributed by atoms with Crippen LogP contribution in [0.4, 0.5) is 9.59 Å². The van der Waals surface area contributed by atoms with Gasteiger partial charge >= 0.3 is 12.2 Å². The SMILES string of the molecule is C#Cc1ccc(CNC(=O)[C@@H]2C[C@@H](O)CN2C(=O)[C@@H](NC(=O)O)C(C)(C)CCNC(=O)O)cc1. The molecule has 0 spiro atoms. The second-order valence-electron chi connectivity index (χ2n) is 8.81. The molecule has 1 fully saturated rings. The first kappa shape index (κ1) is 26.5. The Morgan fingerprint density at radius 2 is 1.79 bits per heavy atom. The molecule has 0 saturated carbocycles. The highest BCUT2D eigenvalue weighted by molar-refractivity contribution is 5.92. The van der Waals surface area contributed by atoms with Gasteiger partial charge in [0.2, 0.25) is 11.8 Å². The van der Waals surface area contributed by atoms with Crippen molar-refractivity contribution in [2.45, 2.75) is 51.4 Å². The summed E-state index contributed by atoms with van der Waals surface area (Å²) < 4.78 is 0. The number of hydrogen-bond donors (Lipinski definition) is 6. The third-order valence-corrected chi connectivity index (χ3v) is 5.79. The summed E-state index contributed by atoms with van der Waals surface area (Å²) >= 11 is 0. The number of carbonyl (C=O) groups excluding carboxylic acids is 2. The molecular weight excluding hydrogens is 444 g/mol. The fourth-order valence-corrected chi connectivity index (χ4v) is 3.85. The third-order valence-electron chi connectivity index (χ3n) is 5.79. The maximum Gasteiger partial charge on any atom is 0.405 e. The van der Waals surface area contributed by atoms with E-state index in [-0.39, 0.29) is 32.5 Å². The maximum absolute atomic E-state index is 13.4. The van der Waals surface area contributed by atoms with Crippen molar-refractivity contribution in [2.24, 2.45) is 5.41 Å². The minimum absolute atomic E-state index is 0.00157. The minimum atomic E-state index is -1.44. The fourth-order valence-electron chi connectivity index (χ4n) is 3.85. The summed E-state index contributed by atoms with van der Waals surface area (Å²) in [6, 6.07) is 4.75. The van der Waals surface area contributed by atoms with Gasteiger partial charge in [-0.1, -0.05) is 31.9 Å². The molecule has 1 aromatic carbocycles. The number of amides is 4. The smallest absolute Gasteiger partial charge is 0.405 e. The van der Waals surface area contributed by atoms with E-state index < -0.39 is 47.6 Å². The molecule has 6 N–H and O–H groups in total. The first-order valence-corrected chi connectivity index (χ1v) is 10.7. The van der Waals surface area contributed by atoms with Crippen LogP contribution in [-0.2, 0) is 16.1 Å². The summed E-state index contributed by atoms with van der Waals surface area (Å²) in [4.78, 5) is 49.6. The highest BCUT2D eigenvalue weighted by Gasteiger charge is 2.45. The lowest BCUT2D eigenvalue weighted by Crippen LogP contribution is -2.58. The van der Waals surface area contributed by atoms with Gasteiger partial charge in [0.25, 0.3) is 0 Å². The van der Waals surface area contributed by atoms with Gasteiger partial charge in [-0.15, -0.1) is 6.42 Å². The summed E-state index contributed by atoms with van der Waals surface area (Å²) in [6.45, 7) is 3.29. The average molecular weight is 475 g/mol. The maximum atomic E-state index is 13.4. The van der Waals surface area contributed by atoms with Crippen molar-refractivity contribution in [3.05, 3.63) is 35.4 Å². The van der Waals surface area contributed by atoms with Gasteiger partial charge in [-0.2, -0.15) is 0 Å². The topological polar surface area (TPSA) is 168 Å². The molecular formula is C23H30N4O7. The Balaban J connectivity index is 2.14. The van der Waals surface area contributed by atoms with Crippen molar-refractivity contribution in [3.8, 4) is 12.3 Å². The molecule has 0 aliphatic carbocycles. The van der Waals surface area contributed by atoms with E-state index in [4.69, 9.17) is 11.5 Å². The highest BCUT2D eigenvalue weighted by atomic mass is 16.4. The van der Waals surface area contributed by atoms with Crippen molar-refractivity contribution in [3.63, 3.8) is 0 Å². The predicted octanol–water partition coefficient (Wildman–Crippen LogP) is 0.566. The molecule has 0 radical (unpaired) electrons. The van der Waals surface area contributed by atoms with Crippen LogP contribution < -0.4 is 16.0 Å². The Bertz CT molecular complexity index is 955. The predicted molar refractivity (Wildman–Crippen MR) is 122 cm³/mol. The zero-order valence-electron chi connectivity index (χ0n) is 19.1. The quantitative estimate of drug-likeness (QED) is 0.284. The Morgan fingerprint density at radius 1 is 1.15 bits per heavy atom. The summed E-state index contributed by atoms with van der Waals surface area (Å²) in [5, 5.41) is 35.4. The number of rotatable bonds is 9. The Hall–Kier alpha value is -3.78. The normalized spacial score (nSPS) is 18.5. The number of β-amino-alcohol motifs (C(OH)–C–C–N with tert-alkyl or cyclic N) is 1. The van der Waals surface area contributed by atoms with E-state index in [1.165, 1.54) is 4.90 Å². The lowest BCUT2D eigenvalue weighted by atomic mass is 9.80. The molecule has 0 bridgehead atoms. The fraction of sp³-hybridized carbons (Fsp3) is 0.478. The molecule has 1 aromatic rings. The van der Waals surface area contributed by atoms with Crippen LogP contribution >= 0.6 is 0 Å². The van der Waals surface area contributed by atoms with E-state index >= 15 is 0 Å². The van der Waals surface area contributed by atoms with Gasteiger partial charge in [0, 0.05) is 31.6 Å². The number of terminal acetylenes is 1. The molecule has 2 rings (SSSR count).